The molecule has 0 bridgehead atoms. The van der Waals surface area contributed by atoms with E-state index in [1.807, 2.05) is 6.07 Å². The van der Waals surface area contributed by atoms with Gasteiger partial charge in [-0.1, -0.05) is 12.1 Å². The molecule has 0 amide bonds. The molecule has 2 heterocycles. The molecule has 0 radical (unpaired) electrons. The van der Waals surface area contributed by atoms with Crippen molar-refractivity contribution in [3.8, 4) is 17.8 Å². The second-order valence-corrected chi connectivity index (χ2v) is 4.05. The summed E-state index contributed by atoms with van der Waals surface area (Å²) in [5.41, 5.74) is 5.98. The highest BCUT2D eigenvalue weighted by Gasteiger charge is 2.17. The lowest BCUT2D eigenvalue weighted by atomic mass is 10.2. The Kier molecular flexibility index (Phi) is 2.85. The highest BCUT2D eigenvalue weighted by Crippen LogP contribution is 2.34. The largest absolute Gasteiger partial charge is 0.442 e. The predicted octanol–water partition coefficient (Wildman–Crippen LogP) is 2.52. The fraction of sp³-hybridized carbons (Fsp3) is 0. The van der Waals surface area contributed by atoms with Crippen LogP contribution in [0.3, 0.4) is 0 Å². The molecule has 2 aromatic heterocycles. The molecule has 1 aromatic carbocycles. The Morgan fingerprint density at radius 2 is 2.05 bits per heavy atom. The van der Waals surface area contributed by atoms with Crippen LogP contribution in [0.4, 0.5) is 5.95 Å². The van der Waals surface area contributed by atoms with Crippen molar-refractivity contribution < 1.29 is 9.15 Å². The van der Waals surface area contributed by atoms with Gasteiger partial charge >= 0.3 is 6.01 Å². The van der Waals surface area contributed by atoms with Crippen molar-refractivity contribution in [3.63, 3.8) is 0 Å². The van der Waals surface area contributed by atoms with Gasteiger partial charge in [-0.15, -0.1) is 0 Å². The first kappa shape index (κ1) is 12.2. The van der Waals surface area contributed by atoms with Crippen molar-refractivity contribution in [2.75, 3.05) is 5.73 Å². The van der Waals surface area contributed by atoms with E-state index in [9.17, 15) is 0 Å². The van der Waals surface area contributed by atoms with Gasteiger partial charge in [0, 0.05) is 0 Å². The Bertz CT molecular complexity index is 819. The van der Waals surface area contributed by atoms with Crippen LogP contribution >= 0.6 is 11.6 Å². The SMILES string of the molecule is N#Cc1oc2ccccc2c1Oc1nc(N)nc(Cl)n1. The lowest BCUT2D eigenvalue weighted by Gasteiger charge is -2.02. The van der Waals surface area contributed by atoms with Gasteiger partial charge in [0.2, 0.25) is 17.0 Å². The molecule has 0 fully saturated rings. The number of nitriles is 1. The molecule has 0 aliphatic heterocycles. The van der Waals surface area contributed by atoms with Crippen molar-refractivity contribution in [1.82, 2.24) is 15.0 Å². The Labute approximate surface area is 117 Å². The minimum atomic E-state index is -0.106. The number of aromatic nitrogens is 3. The van der Waals surface area contributed by atoms with Gasteiger partial charge in [0.15, 0.2) is 5.75 Å². The number of para-hydroxylation sites is 1. The standard InChI is InChI=1S/C12H6ClN5O2/c13-10-16-11(15)18-12(17-10)20-9-6-3-1-2-4-7(6)19-8(9)5-14/h1-4H,(H2,15,16,17,18). The molecule has 0 saturated carbocycles. The molecule has 98 valence electrons. The third-order valence-corrected chi connectivity index (χ3v) is 2.62. The smallest absolute Gasteiger partial charge is 0.328 e. The van der Waals surface area contributed by atoms with Gasteiger partial charge in [-0.05, 0) is 23.7 Å². The summed E-state index contributed by atoms with van der Waals surface area (Å²) in [5.74, 6) is 0.150. The number of halogens is 1. The molecule has 0 atom stereocenters. The molecule has 3 aromatic rings. The fourth-order valence-electron chi connectivity index (χ4n) is 1.68. The summed E-state index contributed by atoms with van der Waals surface area (Å²) in [6.07, 6.45) is 0. The molecule has 0 unspecified atom stereocenters. The van der Waals surface area contributed by atoms with Gasteiger partial charge in [-0.25, -0.2) is 0 Å². The molecule has 0 spiro atoms. The maximum absolute atomic E-state index is 9.08. The minimum absolute atomic E-state index is 0.0151. The Hall–Kier alpha value is -2.85. The third-order valence-electron chi connectivity index (χ3n) is 2.45. The molecular formula is C12H6ClN5O2. The van der Waals surface area contributed by atoms with Gasteiger partial charge in [-0.2, -0.15) is 20.2 Å². The summed E-state index contributed by atoms with van der Waals surface area (Å²) >= 11 is 5.67. The van der Waals surface area contributed by atoms with E-state index >= 15 is 0 Å². The first-order valence-electron chi connectivity index (χ1n) is 5.44. The highest BCUT2D eigenvalue weighted by atomic mass is 35.5. The maximum Gasteiger partial charge on any atom is 0.328 e. The number of anilines is 1. The van der Waals surface area contributed by atoms with Crippen molar-refractivity contribution in [2.24, 2.45) is 0 Å². The first-order valence-corrected chi connectivity index (χ1v) is 5.81. The van der Waals surface area contributed by atoms with Crippen LogP contribution in [0.15, 0.2) is 28.7 Å². The number of nitrogens with zero attached hydrogens (tertiary/aromatic N) is 4. The summed E-state index contributed by atoms with van der Waals surface area (Å²) in [4.78, 5) is 11.2. The molecule has 8 heteroatoms. The van der Waals surface area contributed by atoms with Crippen LogP contribution in [0.25, 0.3) is 11.0 Å². The number of furan rings is 1. The lowest BCUT2D eigenvalue weighted by Crippen LogP contribution is -2.00. The topological polar surface area (TPSA) is 111 Å². The summed E-state index contributed by atoms with van der Waals surface area (Å²) in [5, 5.41) is 9.60. The van der Waals surface area contributed by atoms with Crippen LogP contribution in [0, 0.1) is 11.3 Å². The number of hydrogen-bond acceptors (Lipinski definition) is 7. The van der Waals surface area contributed by atoms with Gasteiger partial charge in [-0.3, -0.25) is 0 Å². The van der Waals surface area contributed by atoms with Crippen LogP contribution in [0.5, 0.6) is 11.8 Å². The van der Waals surface area contributed by atoms with E-state index in [0.717, 1.165) is 0 Å². The maximum atomic E-state index is 9.08. The number of nitrogens with two attached hydrogens (primary N) is 1. The number of hydrogen-bond donors (Lipinski definition) is 1. The normalized spacial score (nSPS) is 10.4. The Morgan fingerprint density at radius 1 is 1.25 bits per heavy atom. The van der Waals surface area contributed by atoms with E-state index in [1.54, 1.807) is 24.3 Å². The molecule has 20 heavy (non-hydrogen) atoms. The fourth-order valence-corrected chi connectivity index (χ4v) is 1.84. The summed E-state index contributed by atoms with van der Waals surface area (Å²) < 4.78 is 10.8. The number of fused-ring (bicyclic) bond motifs is 1. The Balaban J connectivity index is 2.12. The molecule has 7 nitrogen and oxygen atoms in total. The average molecular weight is 288 g/mol. The van der Waals surface area contributed by atoms with E-state index in [1.165, 1.54) is 0 Å². The number of benzene rings is 1. The zero-order valence-corrected chi connectivity index (χ0v) is 10.6. The zero-order chi connectivity index (χ0) is 14.1. The molecular weight excluding hydrogens is 282 g/mol. The number of nitrogen functional groups attached to an aromatic ring is 1. The molecule has 0 saturated heterocycles. The zero-order valence-electron chi connectivity index (χ0n) is 9.87. The number of rotatable bonds is 2. The summed E-state index contributed by atoms with van der Waals surface area (Å²) in [6, 6.07) is 8.85. The van der Waals surface area contributed by atoms with Crippen LogP contribution in [0.1, 0.15) is 5.76 Å². The van der Waals surface area contributed by atoms with E-state index in [2.05, 4.69) is 15.0 Å². The monoisotopic (exact) mass is 287 g/mol. The third kappa shape index (κ3) is 2.08. The van der Waals surface area contributed by atoms with E-state index in [4.69, 9.17) is 31.8 Å². The van der Waals surface area contributed by atoms with Crippen LogP contribution in [-0.4, -0.2) is 15.0 Å². The molecule has 3 rings (SSSR count). The highest BCUT2D eigenvalue weighted by molar-refractivity contribution is 6.28. The van der Waals surface area contributed by atoms with Crippen molar-refractivity contribution in [2.45, 2.75) is 0 Å². The second-order valence-electron chi connectivity index (χ2n) is 3.72. The van der Waals surface area contributed by atoms with Gasteiger partial charge in [0.1, 0.15) is 11.7 Å². The van der Waals surface area contributed by atoms with Crippen molar-refractivity contribution in [1.29, 1.82) is 5.26 Å². The van der Waals surface area contributed by atoms with Crippen LogP contribution in [-0.2, 0) is 0 Å². The van der Waals surface area contributed by atoms with E-state index in [0.29, 0.717) is 11.0 Å². The first-order chi connectivity index (χ1) is 9.67. The molecule has 2 N–H and O–H groups in total. The Morgan fingerprint density at radius 3 is 2.80 bits per heavy atom. The van der Waals surface area contributed by atoms with Crippen molar-refractivity contribution in [3.05, 3.63) is 35.3 Å². The van der Waals surface area contributed by atoms with E-state index in [-0.39, 0.29) is 28.8 Å². The van der Waals surface area contributed by atoms with Crippen LogP contribution < -0.4 is 10.5 Å². The molecule has 0 aliphatic carbocycles. The summed E-state index contributed by atoms with van der Waals surface area (Å²) in [6.45, 7) is 0. The van der Waals surface area contributed by atoms with Gasteiger partial charge in [0.25, 0.3) is 0 Å². The minimum Gasteiger partial charge on any atom is -0.442 e. The second kappa shape index (κ2) is 4.68. The lowest BCUT2D eigenvalue weighted by molar-refractivity contribution is 0.431. The van der Waals surface area contributed by atoms with Gasteiger partial charge in [0.05, 0.1) is 5.39 Å². The van der Waals surface area contributed by atoms with E-state index < -0.39 is 0 Å². The average Bonchev–Trinajstić information content (AvgIpc) is 2.76. The molecule has 0 aliphatic rings. The quantitative estimate of drug-likeness (QED) is 0.770. The van der Waals surface area contributed by atoms with Gasteiger partial charge < -0.3 is 14.9 Å². The predicted molar refractivity (Wildman–Crippen MR) is 70.3 cm³/mol. The number of ether oxygens (including phenoxy) is 1. The van der Waals surface area contributed by atoms with Crippen molar-refractivity contribution >= 4 is 28.5 Å². The van der Waals surface area contributed by atoms with Crippen LogP contribution in [0.2, 0.25) is 5.28 Å². The summed E-state index contributed by atoms with van der Waals surface area (Å²) in [7, 11) is 0.